The number of anilines is 2. The Bertz CT molecular complexity index is 1300. The number of hydrogen-bond acceptors (Lipinski definition) is 2. The summed E-state index contributed by atoms with van der Waals surface area (Å²) in [6, 6.07) is 33.6. The van der Waals surface area contributed by atoms with E-state index in [1.54, 1.807) is 0 Å². The lowest BCUT2D eigenvalue weighted by molar-refractivity contribution is 1.63. The van der Waals surface area contributed by atoms with E-state index in [4.69, 9.17) is 11.5 Å². The van der Waals surface area contributed by atoms with E-state index in [0.29, 0.717) is 0 Å². The monoisotopic (exact) mass is 360 g/mol. The van der Waals surface area contributed by atoms with Gasteiger partial charge in [-0.15, -0.1) is 0 Å². The second-order valence-corrected chi connectivity index (χ2v) is 7.15. The summed E-state index contributed by atoms with van der Waals surface area (Å²) in [5.41, 5.74) is 18.1. The summed E-state index contributed by atoms with van der Waals surface area (Å²) in [6.07, 6.45) is 0. The lowest BCUT2D eigenvalue weighted by atomic mass is 9.90. The third kappa shape index (κ3) is 2.76. The van der Waals surface area contributed by atoms with E-state index < -0.39 is 0 Å². The average molecular weight is 360 g/mol. The number of rotatable bonds is 2. The fourth-order valence-electron chi connectivity index (χ4n) is 3.89. The van der Waals surface area contributed by atoms with Crippen molar-refractivity contribution in [2.45, 2.75) is 0 Å². The maximum atomic E-state index is 5.92. The zero-order valence-electron chi connectivity index (χ0n) is 15.4. The van der Waals surface area contributed by atoms with Crippen molar-refractivity contribution in [2.75, 3.05) is 11.5 Å². The minimum atomic E-state index is 0.777. The first-order valence-electron chi connectivity index (χ1n) is 9.36. The first-order chi connectivity index (χ1) is 13.7. The summed E-state index contributed by atoms with van der Waals surface area (Å²) in [4.78, 5) is 0. The van der Waals surface area contributed by atoms with Crippen molar-refractivity contribution in [3.63, 3.8) is 0 Å². The molecule has 0 radical (unpaired) electrons. The van der Waals surface area contributed by atoms with Gasteiger partial charge in [0.05, 0.1) is 0 Å². The van der Waals surface area contributed by atoms with Gasteiger partial charge in [-0.05, 0) is 80.2 Å². The molecule has 0 atom stereocenters. The topological polar surface area (TPSA) is 52.0 Å². The van der Waals surface area contributed by atoms with Gasteiger partial charge in [-0.25, -0.2) is 0 Å². The van der Waals surface area contributed by atoms with E-state index in [-0.39, 0.29) is 0 Å². The quantitative estimate of drug-likeness (QED) is 0.279. The van der Waals surface area contributed by atoms with Crippen LogP contribution in [0, 0.1) is 0 Å². The molecule has 2 nitrogen and oxygen atoms in total. The van der Waals surface area contributed by atoms with Gasteiger partial charge >= 0.3 is 0 Å². The molecule has 0 aliphatic heterocycles. The Morgan fingerprint density at radius 2 is 1.00 bits per heavy atom. The summed E-state index contributed by atoms with van der Waals surface area (Å²) in [5, 5.41) is 4.94. The van der Waals surface area contributed by atoms with Crippen molar-refractivity contribution < 1.29 is 0 Å². The number of benzene rings is 5. The Morgan fingerprint density at radius 3 is 1.71 bits per heavy atom. The van der Waals surface area contributed by atoms with Crippen molar-refractivity contribution in [1.29, 1.82) is 0 Å². The molecule has 0 fully saturated rings. The summed E-state index contributed by atoms with van der Waals surface area (Å²) >= 11 is 0. The van der Waals surface area contributed by atoms with Crippen LogP contribution in [-0.2, 0) is 0 Å². The van der Waals surface area contributed by atoms with Gasteiger partial charge in [0.15, 0.2) is 0 Å². The zero-order valence-corrected chi connectivity index (χ0v) is 15.4. The van der Waals surface area contributed by atoms with E-state index in [0.717, 1.165) is 11.4 Å². The fourth-order valence-corrected chi connectivity index (χ4v) is 3.89. The molecular weight excluding hydrogens is 340 g/mol. The molecule has 5 aromatic carbocycles. The van der Waals surface area contributed by atoms with Crippen LogP contribution in [0.4, 0.5) is 11.4 Å². The molecule has 28 heavy (non-hydrogen) atoms. The molecule has 5 rings (SSSR count). The molecule has 0 bridgehead atoms. The van der Waals surface area contributed by atoms with Crippen LogP contribution < -0.4 is 11.5 Å². The number of fused-ring (bicyclic) bond motifs is 2. The van der Waals surface area contributed by atoms with Gasteiger partial charge in [-0.2, -0.15) is 0 Å². The van der Waals surface area contributed by atoms with Crippen LogP contribution in [0.15, 0.2) is 97.1 Å². The molecule has 0 saturated carbocycles. The highest BCUT2D eigenvalue weighted by atomic mass is 14.5. The third-order valence-electron chi connectivity index (χ3n) is 5.31. The van der Waals surface area contributed by atoms with Crippen LogP contribution in [0.1, 0.15) is 0 Å². The van der Waals surface area contributed by atoms with Gasteiger partial charge in [-0.1, -0.05) is 60.7 Å². The van der Waals surface area contributed by atoms with Crippen molar-refractivity contribution in [1.82, 2.24) is 0 Å². The largest absolute Gasteiger partial charge is 0.399 e. The maximum Gasteiger partial charge on any atom is 0.0314 e. The van der Waals surface area contributed by atoms with Crippen molar-refractivity contribution in [3.05, 3.63) is 97.1 Å². The van der Waals surface area contributed by atoms with E-state index in [9.17, 15) is 0 Å². The average Bonchev–Trinajstić information content (AvgIpc) is 2.73. The molecule has 0 unspecified atom stereocenters. The molecule has 4 N–H and O–H groups in total. The summed E-state index contributed by atoms with van der Waals surface area (Å²) in [5.74, 6) is 0. The lowest BCUT2D eigenvalue weighted by Gasteiger charge is -2.14. The van der Waals surface area contributed by atoms with Gasteiger partial charge in [0.25, 0.3) is 0 Å². The van der Waals surface area contributed by atoms with Crippen molar-refractivity contribution in [2.24, 2.45) is 0 Å². The van der Waals surface area contributed by atoms with Crippen LogP contribution in [0.2, 0.25) is 0 Å². The fraction of sp³-hybridized carbons (Fsp3) is 0. The highest BCUT2D eigenvalue weighted by Crippen LogP contribution is 2.38. The van der Waals surface area contributed by atoms with Gasteiger partial charge < -0.3 is 11.5 Å². The van der Waals surface area contributed by atoms with Crippen LogP contribution in [-0.4, -0.2) is 0 Å². The smallest absolute Gasteiger partial charge is 0.0314 e. The van der Waals surface area contributed by atoms with Gasteiger partial charge in [0.2, 0.25) is 0 Å². The van der Waals surface area contributed by atoms with Crippen molar-refractivity contribution >= 4 is 32.9 Å². The predicted molar refractivity (Wildman–Crippen MR) is 121 cm³/mol. The highest BCUT2D eigenvalue weighted by molar-refractivity contribution is 6.13. The molecule has 0 aliphatic rings. The second-order valence-electron chi connectivity index (χ2n) is 7.15. The number of nitrogen functional groups attached to an aromatic ring is 2. The normalized spacial score (nSPS) is 11.1. The van der Waals surface area contributed by atoms with Gasteiger partial charge in [0, 0.05) is 11.4 Å². The predicted octanol–water partition coefficient (Wildman–Crippen LogP) is 6.49. The number of hydrogen-bond donors (Lipinski definition) is 2. The lowest BCUT2D eigenvalue weighted by Crippen LogP contribution is -1.89. The van der Waals surface area contributed by atoms with Crippen LogP contribution >= 0.6 is 0 Å². The maximum absolute atomic E-state index is 5.92. The van der Waals surface area contributed by atoms with Gasteiger partial charge in [0.1, 0.15) is 0 Å². The van der Waals surface area contributed by atoms with E-state index in [1.165, 1.54) is 43.8 Å². The van der Waals surface area contributed by atoms with Crippen LogP contribution in [0.5, 0.6) is 0 Å². The molecule has 0 aromatic heterocycles. The molecule has 0 heterocycles. The Morgan fingerprint density at radius 1 is 0.429 bits per heavy atom. The minimum absolute atomic E-state index is 0.777. The summed E-state index contributed by atoms with van der Waals surface area (Å²) in [6.45, 7) is 0. The molecule has 0 aliphatic carbocycles. The Labute approximate surface area is 164 Å². The highest BCUT2D eigenvalue weighted by Gasteiger charge is 2.11. The molecule has 2 heteroatoms. The third-order valence-corrected chi connectivity index (χ3v) is 5.31. The zero-order chi connectivity index (χ0) is 19.1. The van der Waals surface area contributed by atoms with Crippen LogP contribution in [0.3, 0.4) is 0 Å². The molecular formula is C26H20N2. The standard InChI is InChI=1S/C26H20N2/c27-22-10-5-17(6-11-22)19-9-14-25-21(15-19)16-20-3-1-2-4-24(20)26(25)18-7-12-23(28)13-8-18/h1-16H,27-28H2. The van der Waals surface area contributed by atoms with Crippen molar-refractivity contribution in [3.8, 4) is 22.3 Å². The van der Waals surface area contributed by atoms with Gasteiger partial charge in [-0.3, -0.25) is 0 Å². The first-order valence-corrected chi connectivity index (χ1v) is 9.36. The summed E-state index contributed by atoms with van der Waals surface area (Å²) < 4.78 is 0. The molecule has 0 amide bonds. The van der Waals surface area contributed by atoms with E-state index in [2.05, 4.69) is 72.8 Å². The summed E-state index contributed by atoms with van der Waals surface area (Å²) in [7, 11) is 0. The number of nitrogens with two attached hydrogens (primary N) is 2. The van der Waals surface area contributed by atoms with E-state index >= 15 is 0 Å². The molecule has 134 valence electrons. The Hall–Kier alpha value is -3.78. The molecule has 0 spiro atoms. The molecule has 5 aromatic rings. The second kappa shape index (κ2) is 6.43. The molecule has 0 saturated heterocycles. The minimum Gasteiger partial charge on any atom is -0.399 e. The Kier molecular flexibility index (Phi) is 3.77. The SMILES string of the molecule is Nc1ccc(-c2ccc3c(-c4ccc(N)cc4)c4ccccc4cc3c2)cc1. The van der Waals surface area contributed by atoms with E-state index in [1.807, 2.05) is 24.3 Å². The first kappa shape index (κ1) is 16.4. The van der Waals surface area contributed by atoms with Crippen LogP contribution in [0.25, 0.3) is 43.8 Å². The Balaban J connectivity index is 1.80.